The van der Waals surface area contributed by atoms with E-state index in [2.05, 4.69) is 42.1 Å². The molecule has 0 saturated carbocycles. The van der Waals surface area contributed by atoms with Gasteiger partial charge in [-0.25, -0.2) is 0 Å². The van der Waals surface area contributed by atoms with Gasteiger partial charge in [-0.15, -0.1) is 10.2 Å². The summed E-state index contributed by atoms with van der Waals surface area (Å²) in [5.74, 6) is 0.650. The number of aromatic hydroxyl groups is 1. The molecule has 1 atom stereocenters. The summed E-state index contributed by atoms with van der Waals surface area (Å²) in [5.41, 5.74) is 2.96. The monoisotopic (exact) mass is 591 g/mol. The number of pyridine rings is 1. The molecule has 1 N–H and O–H groups in total. The molecule has 9 nitrogen and oxygen atoms in total. The predicted octanol–water partition coefficient (Wildman–Crippen LogP) is 6.56. The summed E-state index contributed by atoms with van der Waals surface area (Å²) >= 11 is 3.52. The Hall–Kier alpha value is -3.76. The number of benzene rings is 2. The van der Waals surface area contributed by atoms with Crippen LogP contribution in [0.3, 0.4) is 0 Å². The van der Waals surface area contributed by atoms with E-state index in [1.807, 2.05) is 35.0 Å². The molecule has 5 rings (SSSR count). The minimum absolute atomic E-state index is 0.0266. The highest BCUT2D eigenvalue weighted by molar-refractivity contribution is 9.10. The number of ether oxygens (including phenoxy) is 2. The molecule has 2 aromatic heterocycles. The largest absolute Gasteiger partial charge is 0.493 e. The van der Waals surface area contributed by atoms with Crippen LogP contribution in [0.25, 0.3) is 10.9 Å². The first-order valence-corrected chi connectivity index (χ1v) is 13.6. The van der Waals surface area contributed by atoms with Crippen LogP contribution in [0.2, 0.25) is 0 Å². The number of carbonyl (C=O) groups is 1. The summed E-state index contributed by atoms with van der Waals surface area (Å²) in [5, 5.41) is 20.2. The van der Waals surface area contributed by atoms with Gasteiger partial charge in [0.2, 0.25) is 5.88 Å². The zero-order valence-electron chi connectivity index (χ0n) is 21.9. The van der Waals surface area contributed by atoms with Crippen molar-refractivity contribution in [3.8, 4) is 17.4 Å². The highest BCUT2D eigenvalue weighted by Crippen LogP contribution is 2.41. The van der Waals surface area contributed by atoms with Gasteiger partial charge in [-0.3, -0.25) is 19.2 Å². The number of amides is 1. The molecule has 1 aliphatic rings. The molecule has 10 heteroatoms. The van der Waals surface area contributed by atoms with Gasteiger partial charge in [0.05, 0.1) is 32.8 Å². The predicted molar refractivity (Wildman–Crippen MR) is 152 cm³/mol. The minimum atomic E-state index is -0.440. The van der Waals surface area contributed by atoms with Gasteiger partial charge in [0, 0.05) is 34.8 Å². The summed E-state index contributed by atoms with van der Waals surface area (Å²) < 4.78 is 13.3. The molecular weight excluding hydrogens is 562 g/mol. The Bertz CT molecular complexity index is 1500. The minimum Gasteiger partial charge on any atom is -0.493 e. The van der Waals surface area contributed by atoms with Crippen LogP contribution in [-0.2, 0) is 17.9 Å². The SMILES string of the molecule is COc1ccc(CC(=O)N=Nc2c(O)n(CN3CCCC[C@@H]3c3cccnc3)c3ccc(Br)cc23)cc1OC. The van der Waals surface area contributed by atoms with E-state index in [0.717, 1.165) is 46.9 Å². The number of likely N-dealkylation sites (tertiary alicyclic amines) is 1. The van der Waals surface area contributed by atoms with Crippen LogP contribution < -0.4 is 9.47 Å². The maximum Gasteiger partial charge on any atom is 0.269 e. The van der Waals surface area contributed by atoms with Crippen LogP contribution in [0.5, 0.6) is 17.4 Å². The Balaban J connectivity index is 1.42. The Morgan fingerprint density at radius 3 is 2.74 bits per heavy atom. The van der Waals surface area contributed by atoms with Crippen LogP contribution in [0.4, 0.5) is 5.69 Å². The molecule has 1 aliphatic heterocycles. The van der Waals surface area contributed by atoms with Crippen molar-refractivity contribution in [3.05, 3.63) is 76.5 Å². The quantitative estimate of drug-likeness (QED) is 0.233. The van der Waals surface area contributed by atoms with Gasteiger partial charge in [-0.05, 0) is 60.4 Å². The van der Waals surface area contributed by atoms with E-state index in [9.17, 15) is 9.90 Å². The number of aromatic nitrogens is 2. The van der Waals surface area contributed by atoms with Gasteiger partial charge in [-0.2, -0.15) is 0 Å². The van der Waals surface area contributed by atoms with Gasteiger partial charge >= 0.3 is 0 Å². The zero-order valence-corrected chi connectivity index (χ0v) is 23.5. The molecule has 4 aromatic rings. The molecule has 39 heavy (non-hydrogen) atoms. The topological polar surface area (TPSA) is 102 Å². The Morgan fingerprint density at radius 1 is 1.13 bits per heavy atom. The van der Waals surface area contributed by atoms with Crippen LogP contribution in [0.1, 0.15) is 36.4 Å². The maximum absolute atomic E-state index is 12.7. The lowest BCUT2D eigenvalue weighted by Crippen LogP contribution is -2.34. The fourth-order valence-corrected chi connectivity index (χ4v) is 5.50. The summed E-state index contributed by atoms with van der Waals surface area (Å²) in [7, 11) is 3.10. The number of nitrogens with zero attached hydrogens (tertiary/aromatic N) is 5. The van der Waals surface area contributed by atoms with Gasteiger partial charge in [0.15, 0.2) is 17.2 Å². The number of methoxy groups -OCH3 is 2. The molecule has 3 heterocycles. The zero-order chi connectivity index (χ0) is 27.4. The second-order valence-electron chi connectivity index (χ2n) is 9.47. The van der Waals surface area contributed by atoms with E-state index in [1.54, 1.807) is 38.6 Å². The van der Waals surface area contributed by atoms with Gasteiger partial charge in [-0.1, -0.05) is 34.5 Å². The number of fused-ring (bicyclic) bond motifs is 1. The summed E-state index contributed by atoms with van der Waals surface area (Å²) in [6, 6.07) is 15.3. The van der Waals surface area contributed by atoms with Crippen molar-refractivity contribution in [2.75, 3.05) is 20.8 Å². The Kier molecular flexibility index (Phi) is 8.23. The molecule has 0 bridgehead atoms. The normalized spacial score (nSPS) is 16.1. The number of hydrogen-bond acceptors (Lipinski definition) is 7. The average molecular weight is 592 g/mol. The molecule has 0 radical (unpaired) electrons. The van der Waals surface area contributed by atoms with Gasteiger partial charge in [0.1, 0.15) is 0 Å². The van der Waals surface area contributed by atoms with E-state index in [0.29, 0.717) is 23.6 Å². The molecule has 202 valence electrons. The first-order valence-electron chi connectivity index (χ1n) is 12.8. The maximum atomic E-state index is 12.7. The third-order valence-corrected chi connectivity index (χ3v) is 7.54. The van der Waals surface area contributed by atoms with Crippen molar-refractivity contribution in [2.24, 2.45) is 10.2 Å². The van der Waals surface area contributed by atoms with Gasteiger partial charge in [0.25, 0.3) is 5.91 Å². The lowest BCUT2D eigenvalue weighted by Gasteiger charge is -2.36. The van der Waals surface area contributed by atoms with Crippen molar-refractivity contribution < 1.29 is 19.4 Å². The molecule has 1 fully saturated rings. The molecular formula is C29H30BrN5O4. The standard InChI is InChI=1S/C29H30BrN5O4/c1-38-25-11-8-19(14-26(25)39-2)15-27(36)32-33-28-22-16-21(30)9-10-24(22)35(29(28)37)18-34-13-4-3-7-23(34)20-6-5-12-31-17-20/h5-6,8-12,14,16-17,23,37H,3-4,7,13,15,18H2,1-2H3/t23-/m1/s1. The highest BCUT2D eigenvalue weighted by atomic mass is 79.9. The molecule has 1 amide bonds. The molecule has 1 saturated heterocycles. The molecule has 2 aromatic carbocycles. The average Bonchev–Trinajstić information content (AvgIpc) is 3.21. The van der Waals surface area contributed by atoms with Crippen LogP contribution >= 0.6 is 15.9 Å². The number of piperidine rings is 1. The summed E-state index contributed by atoms with van der Waals surface area (Å²) in [6.07, 6.45) is 6.98. The Morgan fingerprint density at radius 2 is 1.97 bits per heavy atom. The highest BCUT2D eigenvalue weighted by Gasteiger charge is 2.27. The summed E-state index contributed by atoms with van der Waals surface area (Å²) in [6.45, 7) is 1.37. The number of halogens is 1. The first kappa shape index (κ1) is 26.8. The van der Waals surface area contributed by atoms with Crippen molar-refractivity contribution in [1.29, 1.82) is 0 Å². The number of hydrogen-bond donors (Lipinski definition) is 1. The third kappa shape index (κ3) is 5.81. The Labute approximate surface area is 235 Å². The number of azo groups is 1. The van der Waals surface area contributed by atoms with Crippen molar-refractivity contribution >= 4 is 38.4 Å². The van der Waals surface area contributed by atoms with E-state index in [1.165, 1.54) is 0 Å². The van der Waals surface area contributed by atoms with E-state index in [4.69, 9.17) is 9.47 Å². The summed E-state index contributed by atoms with van der Waals surface area (Å²) in [4.78, 5) is 19.4. The fraction of sp³-hybridized carbons (Fsp3) is 0.310. The van der Waals surface area contributed by atoms with E-state index in [-0.39, 0.29) is 24.0 Å². The van der Waals surface area contributed by atoms with Crippen molar-refractivity contribution in [1.82, 2.24) is 14.5 Å². The van der Waals surface area contributed by atoms with Crippen LogP contribution in [0.15, 0.2) is 75.6 Å². The second-order valence-corrected chi connectivity index (χ2v) is 10.4. The van der Waals surface area contributed by atoms with Crippen molar-refractivity contribution in [2.45, 2.75) is 38.4 Å². The number of rotatable bonds is 8. The lowest BCUT2D eigenvalue weighted by molar-refractivity contribution is -0.117. The van der Waals surface area contributed by atoms with Crippen LogP contribution in [-0.4, -0.2) is 46.2 Å². The molecule has 0 aliphatic carbocycles. The smallest absolute Gasteiger partial charge is 0.269 e. The third-order valence-electron chi connectivity index (χ3n) is 7.04. The van der Waals surface area contributed by atoms with Crippen LogP contribution in [0, 0.1) is 0 Å². The number of carbonyl (C=O) groups excluding carboxylic acids is 1. The molecule has 0 spiro atoms. The lowest BCUT2D eigenvalue weighted by atomic mass is 9.97. The van der Waals surface area contributed by atoms with Crippen molar-refractivity contribution in [3.63, 3.8) is 0 Å². The van der Waals surface area contributed by atoms with E-state index >= 15 is 0 Å². The van der Waals surface area contributed by atoms with Gasteiger partial charge < -0.3 is 14.6 Å². The van der Waals surface area contributed by atoms with E-state index < -0.39 is 5.91 Å². The second kappa shape index (κ2) is 12.0. The fourth-order valence-electron chi connectivity index (χ4n) is 5.14. The molecule has 0 unspecified atom stereocenters. The first-order chi connectivity index (χ1) is 19.0.